The topological polar surface area (TPSA) is 0 Å². The summed E-state index contributed by atoms with van der Waals surface area (Å²) in [6.45, 7) is 7.25. The first-order chi connectivity index (χ1) is 2.77. The molecule has 0 radical (unpaired) electrons. The fraction of sp³-hybridized carbons (Fsp3) is 1.00. The largest absolute Gasteiger partial charge is 0.0750 e. The maximum atomic E-state index is 2.43. The zero-order valence-electron chi connectivity index (χ0n) is 4.99. The quantitative estimate of drug-likeness (QED) is 0.467. The van der Waals surface area contributed by atoms with Gasteiger partial charge in [-0.3, -0.25) is 0 Å². The van der Waals surface area contributed by atoms with Crippen LogP contribution in [0.5, 0.6) is 0 Å². The fourth-order valence-corrected chi connectivity index (χ4v) is 5.20. The average Bonchev–Trinajstić information content (AvgIpc) is 1.35. The van der Waals surface area contributed by atoms with Gasteiger partial charge in [-0.05, 0) is 0 Å². The molecule has 0 rings (SSSR count). The van der Waals surface area contributed by atoms with Gasteiger partial charge in [0.2, 0.25) is 0 Å². The van der Waals surface area contributed by atoms with Crippen LogP contribution in [0.3, 0.4) is 0 Å². The van der Waals surface area contributed by atoms with Crippen molar-refractivity contribution in [3.05, 3.63) is 0 Å². The minimum atomic E-state index is -0.109. The molecule has 0 aromatic rings. The van der Waals surface area contributed by atoms with E-state index in [1.165, 1.54) is 0 Å². The summed E-state index contributed by atoms with van der Waals surface area (Å²) >= 11 is 0. The molecule has 2 heteroatoms. The zero-order chi connectivity index (χ0) is 4.99. The van der Waals surface area contributed by atoms with E-state index in [0.29, 0.717) is 9.52 Å². The summed E-state index contributed by atoms with van der Waals surface area (Å²) in [5.74, 6) is 0. The molecule has 0 spiro atoms. The Kier molecular flexibility index (Phi) is 3.88. The summed E-state index contributed by atoms with van der Waals surface area (Å²) in [7, 11) is 0.319. The first kappa shape index (κ1) is 6.43. The average molecular weight is 118 g/mol. The standard InChI is InChI=1S/C4H14Si2/c1-5-4-6(2)3/h6H,4-5H2,1-3H3. The summed E-state index contributed by atoms with van der Waals surface area (Å²) in [6.07, 6.45) is 0. The van der Waals surface area contributed by atoms with Crippen LogP contribution in [-0.2, 0) is 0 Å². The molecule has 0 aromatic heterocycles. The molecule has 0 N–H and O–H groups in total. The summed E-state index contributed by atoms with van der Waals surface area (Å²) < 4.78 is 0. The van der Waals surface area contributed by atoms with Gasteiger partial charge in [0.15, 0.2) is 0 Å². The molecule has 0 atom stereocenters. The Hall–Kier alpha value is 0.434. The molecule has 0 aliphatic rings. The Morgan fingerprint density at radius 1 is 1.50 bits per heavy atom. The molecule has 0 fully saturated rings. The monoisotopic (exact) mass is 118 g/mol. The smallest absolute Gasteiger partial charge is 0.0274 e. The van der Waals surface area contributed by atoms with Crippen LogP contribution >= 0.6 is 0 Å². The van der Waals surface area contributed by atoms with Gasteiger partial charge in [-0.15, -0.1) is 0 Å². The van der Waals surface area contributed by atoms with Gasteiger partial charge < -0.3 is 0 Å². The van der Waals surface area contributed by atoms with Crippen LogP contribution in [0.15, 0.2) is 0 Å². The second-order valence-electron chi connectivity index (χ2n) is 2.18. The van der Waals surface area contributed by atoms with Gasteiger partial charge in [0, 0.05) is 18.3 Å². The summed E-state index contributed by atoms with van der Waals surface area (Å²) in [6, 6.07) is 0. The highest BCUT2D eigenvalue weighted by Gasteiger charge is 1.88. The van der Waals surface area contributed by atoms with Gasteiger partial charge in [-0.1, -0.05) is 25.3 Å². The van der Waals surface area contributed by atoms with Crippen molar-refractivity contribution >= 4 is 18.3 Å². The van der Waals surface area contributed by atoms with Crippen molar-refractivity contribution in [2.45, 2.75) is 25.3 Å². The molecule has 0 aliphatic heterocycles. The lowest BCUT2D eigenvalue weighted by atomic mass is 11.8. The van der Waals surface area contributed by atoms with Gasteiger partial charge in [-0.25, -0.2) is 0 Å². The van der Waals surface area contributed by atoms with Crippen molar-refractivity contribution in [1.82, 2.24) is 0 Å². The second-order valence-corrected chi connectivity index (χ2v) is 8.28. The summed E-state index contributed by atoms with van der Waals surface area (Å²) in [5.41, 5.74) is 1.65. The molecule has 0 aliphatic carbocycles. The Morgan fingerprint density at radius 2 is 2.00 bits per heavy atom. The fourth-order valence-electron chi connectivity index (χ4n) is 0.577. The first-order valence-corrected chi connectivity index (χ1v) is 8.31. The molecule has 0 heterocycles. The van der Waals surface area contributed by atoms with Crippen molar-refractivity contribution in [1.29, 1.82) is 0 Å². The van der Waals surface area contributed by atoms with Gasteiger partial charge in [0.05, 0.1) is 0 Å². The maximum Gasteiger partial charge on any atom is 0.0274 e. The van der Waals surface area contributed by atoms with Crippen molar-refractivity contribution in [2.75, 3.05) is 0 Å². The van der Waals surface area contributed by atoms with Crippen molar-refractivity contribution < 1.29 is 0 Å². The highest BCUT2D eigenvalue weighted by molar-refractivity contribution is 6.67. The third kappa shape index (κ3) is 4.43. The molecular weight excluding hydrogens is 104 g/mol. The van der Waals surface area contributed by atoms with Crippen LogP contribution < -0.4 is 0 Å². The van der Waals surface area contributed by atoms with E-state index in [1.807, 2.05) is 0 Å². The molecule has 6 heavy (non-hydrogen) atoms. The Morgan fingerprint density at radius 3 is 2.00 bits per heavy atom. The lowest BCUT2D eigenvalue weighted by Gasteiger charge is -1.93. The Bertz CT molecular complexity index is 26.7. The first-order valence-electron chi connectivity index (χ1n) is 2.77. The number of hydrogen-bond acceptors (Lipinski definition) is 0. The highest BCUT2D eigenvalue weighted by Crippen LogP contribution is 1.84. The van der Waals surface area contributed by atoms with E-state index < -0.39 is 0 Å². The van der Waals surface area contributed by atoms with E-state index in [2.05, 4.69) is 19.6 Å². The number of rotatable bonds is 2. The summed E-state index contributed by atoms with van der Waals surface area (Å²) in [4.78, 5) is 0. The van der Waals surface area contributed by atoms with E-state index >= 15 is 0 Å². The predicted molar refractivity (Wildman–Crippen MR) is 38.1 cm³/mol. The van der Waals surface area contributed by atoms with E-state index in [0.717, 1.165) is 0 Å². The molecule has 0 bridgehead atoms. The van der Waals surface area contributed by atoms with Crippen molar-refractivity contribution in [2.24, 2.45) is 0 Å². The van der Waals surface area contributed by atoms with Crippen molar-refractivity contribution in [3.63, 3.8) is 0 Å². The van der Waals surface area contributed by atoms with E-state index in [4.69, 9.17) is 0 Å². The third-order valence-electron chi connectivity index (χ3n) is 0.866. The minimum absolute atomic E-state index is 0.109. The Balaban J connectivity index is 2.63. The van der Waals surface area contributed by atoms with Gasteiger partial charge in [-0.2, -0.15) is 0 Å². The lowest BCUT2D eigenvalue weighted by molar-refractivity contribution is 1.78. The number of hydrogen-bond donors (Lipinski definition) is 0. The molecular formula is C4H14Si2. The Labute approximate surface area is 44.4 Å². The molecule has 0 saturated heterocycles. The predicted octanol–water partition coefficient (Wildman–Crippen LogP) is 0.647. The highest BCUT2D eigenvalue weighted by atomic mass is 28.3. The molecule has 38 valence electrons. The zero-order valence-corrected chi connectivity index (χ0v) is 7.56. The van der Waals surface area contributed by atoms with E-state index in [1.54, 1.807) is 5.67 Å². The van der Waals surface area contributed by atoms with Gasteiger partial charge in [0.1, 0.15) is 0 Å². The SMILES string of the molecule is C[SiH2]C[SiH](C)C. The molecule has 0 aromatic carbocycles. The minimum Gasteiger partial charge on any atom is -0.0750 e. The molecule has 0 saturated carbocycles. The van der Waals surface area contributed by atoms with E-state index in [9.17, 15) is 0 Å². The van der Waals surface area contributed by atoms with Gasteiger partial charge >= 0.3 is 0 Å². The van der Waals surface area contributed by atoms with Crippen LogP contribution in [0.25, 0.3) is 0 Å². The van der Waals surface area contributed by atoms with Crippen LogP contribution in [0.2, 0.25) is 25.3 Å². The van der Waals surface area contributed by atoms with E-state index in [-0.39, 0.29) is 8.80 Å². The molecule has 0 nitrogen and oxygen atoms in total. The van der Waals surface area contributed by atoms with Crippen LogP contribution in [0.4, 0.5) is 0 Å². The molecule has 0 unspecified atom stereocenters. The summed E-state index contributed by atoms with van der Waals surface area (Å²) in [5, 5.41) is 0. The van der Waals surface area contributed by atoms with Gasteiger partial charge in [0.25, 0.3) is 0 Å². The van der Waals surface area contributed by atoms with Crippen LogP contribution in [0.1, 0.15) is 0 Å². The maximum absolute atomic E-state index is 2.43. The molecule has 0 amide bonds. The second kappa shape index (κ2) is 3.62. The lowest BCUT2D eigenvalue weighted by Crippen LogP contribution is -2.01. The normalized spacial score (nSPS) is 12.0. The van der Waals surface area contributed by atoms with Crippen LogP contribution in [-0.4, -0.2) is 18.3 Å². The van der Waals surface area contributed by atoms with Crippen LogP contribution in [0, 0.1) is 0 Å². The van der Waals surface area contributed by atoms with Crippen molar-refractivity contribution in [3.8, 4) is 0 Å². The third-order valence-corrected chi connectivity index (χ3v) is 7.79.